The van der Waals surface area contributed by atoms with Crippen molar-refractivity contribution in [1.29, 1.82) is 0 Å². The molecule has 0 radical (unpaired) electrons. The number of ether oxygens (including phenoxy) is 2. The smallest absolute Gasteiger partial charge is 0.341 e. The number of rotatable bonds is 4. The third kappa shape index (κ3) is 2.77. The van der Waals surface area contributed by atoms with E-state index in [1.165, 1.54) is 32.5 Å². The SMILES string of the molecule is COC(=O)c1ccc(NC(=O)c2ncc[nH]2)cc1OC. The summed E-state index contributed by atoms with van der Waals surface area (Å²) >= 11 is 0. The summed E-state index contributed by atoms with van der Waals surface area (Å²) in [6.45, 7) is 0. The van der Waals surface area contributed by atoms with Crippen LogP contribution >= 0.6 is 0 Å². The number of aromatic amines is 1. The highest BCUT2D eigenvalue weighted by Gasteiger charge is 2.14. The summed E-state index contributed by atoms with van der Waals surface area (Å²) in [5.41, 5.74) is 0.766. The number of esters is 1. The van der Waals surface area contributed by atoms with Crippen molar-refractivity contribution < 1.29 is 19.1 Å². The number of imidazole rings is 1. The predicted octanol–water partition coefficient (Wildman–Crippen LogP) is 1.46. The Morgan fingerprint density at radius 3 is 2.70 bits per heavy atom. The van der Waals surface area contributed by atoms with Crippen LogP contribution in [0.15, 0.2) is 30.6 Å². The maximum absolute atomic E-state index is 11.8. The molecule has 0 aliphatic heterocycles. The minimum Gasteiger partial charge on any atom is -0.496 e. The Morgan fingerprint density at radius 2 is 2.10 bits per heavy atom. The normalized spacial score (nSPS) is 9.90. The number of nitrogens with zero attached hydrogens (tertiary/aromatic N) is 1. The second-order valence-corrected chi connectivity index (χ2v) is 3.80. The topological polar surface area (TPSA) is 93.3 Å². The third-order valence-corrected chi connectivity index (χ3v) is 2.58. The van der Waals surface area contributed by atoms with Crippen molar-refractivity contribution in [1.82, 2.24) is 9.97 Å². The van der Waals surface area contributed by atoms with Crippen LogP contribution in [0.25, 0.3) is 0 Å². The summed E-state index contributed by atoms with van der Waals surface area (Å²) in [6, 6.07) is 4.63. The van der Waals surface area contributed by atoms with Crippen molar-refractivity contribution in [2.75, 3.05) is 19.5 Å². The minimum atomic E-state index is -0.509. The zero-order chi connectivity index (χ0) is 14.5. The van der Waals surface area contributed by atoms with Crippen LogP contribution in [-0.2, 0) is 4.74 Å². The highest BCUT2D eigenvalue weighted by Crippen LogP contribution is 2.24. The Kier molecular flexibility index (Phi) is 3.99. The Bertz CT molecular complexity index is 623. The number of hydrogen-bond acceptors (Lipinski definition) is 5. The molecule has 7 heteroatoms. The van der Waals surface area contributed by atoms with Gasteiger partial charge in [-0.1, -0.05) is 0 Å². The van der Waals surface area contributed by atoms with E-state index in [9.17, 15) is 9.59 Å². The molecule has 0 bridgehead atoms. The van der Waals surface area contributed by atoms with Gasteiger partial charge in [0.25, 0.3) is 5.91 Å². The van der Waals surface area contributed by atoms with Gasteiger partial charge in [-0.15, -0.1) is 0 Å². The molecule has 0 saturated heterocycles. The zero-order valence-electron chi connectivity index (χ0n) is 11.0. The summed E-state index contributed by atoms with van der Waals surface area (Å²) in [6.07, 6.45) is 3.03. The molecule has 0 saturated carbocycles. The molecule has 1 aromatic carbocycles. The molecule has 1 heterocycles. The number of carbonyl (C=O) groups is 2. The van der Waals surface area contributed by atoms with Crippen molar-refractivity contribution in [2.24, 2.45) is 0 Å². The molecule has 2 N–H and O–H groups in total. The summed E-state index contributed by atoms with van der Waals surface area (Å²) < 4.78 is 9.74. The number of carbonyl (C=O) groups excluding carboxylic acids is 2. The predicted molar refractivity (Wildman–Crippen MR) is 70.9 cm³/mol. The second-order valence-electron chi connectivity index (χ2n) is 3.80. The lowest BCUT2D eigenvalue weighted by atomic mass is 10.2. The highest BCUT2D eigenvalue weighted by atomic mass is 16.5. The van der Waals surface area contributed by atoms with Crippen LogP contribution in [0.1, 0.15) is 21.0 Å². The molecule has 0 atom stereocenters. The number of amides is 1. The first-order chi connectivity index (χ1) is 9.65. The number of aromatic nitrogens is 2. The molecule has 2 rings (SSSR count). The van der Waals surface area contributed by atoms with Crippen LogP contribution in [0.3, 0.4) is 0 Å². The Labute approximate surface area is 114 Å². The minimum absolute atomic E-state index is 0.195. The Balaban J connectivity index is 2.22. The molecule has 1 aromatic heterocycles. The molecule has 0 spiro atoms. The number of benzene rings is 1. The van der Waals surface area contributed by atoms with Crippen LogP contribution < -0.4 is 10.1 Å². The highest BCUT2D eigenvalue weighted by molar-refractivity contribution is 6.02. The summed E-state index contributed by atoms with van der Waals surface area (Å²) in [4.78, 5) is 29.9. The van der Waals surface area contributed by atoms with Gasteiger partial charge < -0.3 is 19.8 Å². The maximum atomic E-state index is 11.8. The average molecular weight is 275 g/mol. The van der Waals surface area contributed by atoms with Crippen molar-refractivity contribution in [2.45, 2.75) is 0 Å². The monoisotopic (exact) mass is 275 g/mol. The fourth-order valence-corrected chi connectivity index (χ4v) is 1.63. The van der Waals surface area contributed by atoms with Crippen molar-refractivity contribution in [3.63, 3.8) is 0 Å². The largest absolute Gasteiger partial charge is 0.496 e. The Hall–Kier alpha value is -2.83. The fraction of sp³-hybridized carbons (Fsp3) is 0.154. The lowest BCUT2D eigenvalue weighted by molar-refractivity contribution is 0.0597. The van der Waals surface area contributed by atoms with E-state index in [2.05, 4.69) is 20.0 Å². The number of methoxy groups -OCH3 is 2. The van der Waals surface area contributed by atoms with E-state index < -0.39 is 5.97 Å². The molecular weight excluding hydrogens is 262 g/mol. The van der Waals surface area contributed by atoms with Crippen LogP contribution in [0.2, 0.25) is 0 Å². The van der Waals surface area contributed by atoms with Crippen molar-refractivity contribution in [3.05, 3.63) is 42.0 Å². The number of H-pyrrole nitrogens is 1. The molecule has 0 aliphatic rings. The maximum Gasteiger partial charge on any atom is 0.341 e. The molecule has 20 heavy (non-hydrogen) atoms. The molecule has 104 valence electrons. The zero-order valence-corrected chi connectivity index (χ0v) is 11.0. The van der Waals surface area contributed by atoms with E-state index >= 15 is 0 Å². The molecule has 0 unspecified atom stereocenters. The number of nitrogens with one attached hydrogen (secondary N) is 2. The van der Waals surface area contributed by atoms with Gasteiger partial charge in [0.2, 0.25) is 0 Å². The van der Waals surface area contributed by atoms with Gasteiger partial charge in [-0.3, -0.25) is 4.79 Å². The average Bonchev–Trinajstić information content (AvgIpc) is 3.00. The van der Waals surface area contributed by atoms with Crippen LogP contribution in [0.4, 0.5) is 5.69 Å². The van der Waals surface area contributed by atoms with Gasteiger partial charge in [-0.05, 0) is 12.1 Å². The van der Waals surface area contributed by atoms with Gasteiger partial charge in [0.1, 0.15) is 11.3 Å². The van der Waals surface area contributed by atoms with E-state index in [1.807, 2.05) is 0 Å². The van der Waals surface area contributed by atoms with Gasteiger partial charge in [-0.2, -0.15) is 0 Å². The van der Waals surface area contributed by atoms with E-state index in [1.54, 1.807) is 12.3 Å². The van der Waals surface area contributed by atoms with Crippen LogP contribution in [-0.4, -0.2) is 36.1 Å². The third-order valence-electron chi connectivity index (χ3n) is 2.58. The van der Waals surface area contributed by atoms with Gasteiger partial charge in [-0.25, -0.2) is 9.78 Å². The Morgan fingerprint density at radius 1 is 1.30 bits per heavy atom. The van der Waals surface area contributed by atoms with Crippen LogP contribution in [0, 0.1) is 0 Å². The van der Waals surface area contributed by atoms with Gasteiger partial charge in [0.15, 0.2) is 5.82 Å². The first-order valence-corrected chi connectivity index (χ1v) is 5.72. The van der Waals surface area contributed by atoms with Gasteiger partial charge in [0.05, 0.1) is 14.2 Å². The first-order valence-electron chi connectivity index (χ1n) is 5.72. The van der Waals surface area contributed by atoms with E-state index in [0.29, 0.717) is 11.4 Å². The van der Waals surface area contributed by atoms with Crippen molar-refractivity contribution in [3.8, 4) is 5.75 Å². The number of hydrogen-bond donors (Lipinski definition) is 2. The summed E-state index contributed by atoms with van der Waals surface area (Å²) in [5.74, 6) is -0.385. The molecule has 0 fully saturated rings. The molecule has 0 aliphatic carbocycles. The van der Waals surface area contributed by atoms with Crippen LogP contribution in [0.5, 0.6) is 5.75 Å². The second kappa shape index (κ2) is 5.87. The summed E-state index contributed by atoms with van der Waals surface area (Å²) in [7, 11) is 2.72. The summed E-state index contributed by atoms with van der Waals surface area (Å²) in [5, 5.41) is 2.64. The van der Waals surface area contributed by atoms with Gasteiger partial charge in [0, 0.05) is 24.1 Å². The molecule has 2 aromatic rings. The standard InChI is InChI=1S/C13H13N3O4/c1-19-10-7-8(3-4-9(10)13(18)20-2)16-12(17)11-14-5-6-15-11/h3-7H,1-2H3,(H,14,15)(H,16,17). The van der Waals surface area contributed by atoms with E-state index in [0.717, 1.165) is 0 Å². The molecular formula is C13H13N3O4. The van der Waals surface area contributed by atoms with E-state index in [-0.39, 0.29) is 17.3 Å². The first kappa shape index (κ1) is 13.6. The van der Waals surface area contributed by atoms with E-state index in [4.69, 9.17) is 4.74 Å². The number of anilines is 1. The van der Waals surface area contributed by atoms with Crippen molar-refractivity contribution >= 4 is 17.6 Å². The quantitative estimate of drug-likeness (QED) is 0.824. The molecule has 7 nitrogen and oxygen atoms in total. The lowest BCUT2D eigenvalue weighted by Crippen LogP contribution is -2.14. The van der Waals surface area contributed by atoms with Gasteiger partial charge >= 0.3 is 5.97 Å². The lowest BCUT2D eigenvalue weighted by Gasteiger charge is -2.09. The fourth-order valence-electron chi connectivity index (χ4n) is 1.63. The molecule has 1 amide bonds.